The van der Waals surface area contributed by atoms with Crippen LogP contribution in [0.2, 0.25) is 47.8 Å². The molecule has 0 amide bonds. The zero-order valence-electron chi connectivity index (χ0n) is 82.5. The number of ether oxygens (including phenoxy) is 2. The minimum Gasteiger partial charge on any atom is -0.462 e. The van der Waals surface area contributed by atoms with E-state index >= 15 is 0 Å². The summed E-state index contributed by atoms with van der Waals surface area (Å²) in [7, 11) is -5.27. The molecule has 0 aliphatic carbocycles. The first-order valence-electron chi connectivity index (χ1n) is 47.5. The number of esters is 2. The van der Waals surface area contributed by atoms with Gasteiger partial charge in [0.2, 0.25) is 0 Å². The fourth-order valence-corrected chi connectivity index (χ4v) is 29.3. The molecule has 11 aromatic heterocycles. The Morgan fingerprint density at radius 2 is 0.553 bits per heavy atom. The number of aryl methyl sites for hydroxylation is 5. The Morgan fingerprint density at radius 3 is 0.811 bits per heavy atom. The molecule has 12 rings (SSSR count). The van der Waals surface area contributed by atoms with Crippen molar-refractivity contribution < 1.29 is 41.6 Å². The Hall–Kier alpha value is -3.53. The molecule has 1 aliphatic heterocycles. The van der Waals surface area contributed by atoms with Crippen molar-refractivity contribution in [3.8, 4) is 68.3 Å². The lowest BCUT2D eigenvalue weighted by atomic mass is 9.88. The predicted octanol–water partition coefficient (Wildman–Crippen LogP) is 37.5. The van der Waals surface area contributed by atoms with Crippen LogP contribution in [0, 0.1) is 6.55 Å². The lowest BCUT2D eigenvalue weighted by Gasteiger charge is -2.36. The summed E-state index contributed by atoms with van der Waals surface area (Å²) >= 11 is 27.6. The van der Waals surface area contributed by atoms with Crippen molar-refractivity contribution in [2.24, 2.45) is 0 Å². The van der Waals surface area contributed by atoms with Crippen molar-refractivity contribution >= 4 is 205 Å². The van der Waals surface area contributed by atoms with E-state index in [1.54, 1.807) is 36.5 Å². The summed E-state index contributed by atoms with van der Waals surface area (Å²) in [6.07, 6.45) is 29.1. The molecule has 1 aliphatic rings. The van der Waals surface area contributed by atoms with Gasteiger partial charge < -0.3 is 32.1 Å². The third-order valence-electron chi connectivity index (χ3n) is 25.4. The van der Waals surface area contributed by atoms with Gasteiger partial charge in [0, 0.05) is 140 Å². The average molecular weight is 2170 g/mol. The molecule has 720 valence electrons. The molecule has 12 heterocycles. The third kappa shape index (κ3) is 36.2. The minimum atomic E-state index is -1.83. The number of hydrogen-bond acceptors (Lipinski definition) is 20. The molecule has 9 nitrogen and oxygen atoms in total. The summed E-state index contributed by atoms with van der Waals surface area (Å²) in [4.78, 5) is 49.2. The largest absolute Gasteiger partial charge is 0.505 e. The zero-order valence-corrected chi connectivity index (χ0v) is 97.7. The van der Waals surface area contributed by atoms with Gasteiger partial charge in [-0.1, -0.05) is 146 Å². The van der Waals surface area contributed by atoms with Crippen LogP contribution in [0.1, 0.15) is 257 Å². The lowest BCUT2D eigenvalue weighted by molar-refractivity contribution is -0.139. The van der Waals surface area contributed by atoms with E-state index < -0.39 is 25.0 Å². The van der Waals surface area contributed by atoms with Crippen molar-refractivity contribution in [2.75, 3.05) is 33.0 Å². The SMILES string of the molecule is Brc1ccc(-c2ccc(Br)s2)s1.C=C(C)C(=O)OCCCCCCc1ccc(-c2ccc(-c3ccc(-c4ccc(CCCCCCOC(=O)C(=C)C)s4)s3)s2)s1.CC(C)(C)[Si](C)(C)OCCCCCCc1ccc(-c2ccc(-c3ccc(-c4ccc(CCCCCCO[Si](C)(C)C(C)(C)C)s4)s3)s2)s1.[CH2+][Si](C)(OCCCCCCc1ccc(B2OC(C)(C)C(C)(C)O2)s1)C(C)(C)C. The maximum atomic E-state index is 11.4. The van der Waals surface area contributed by atoms with Crippen LogP contribution >= 0.6 is 157 Å². The maximum Gasteiger partial charge on any atom is 0.505 e. The van der Waals surface area contributed by atoms with Gasteiger partial charge in [-0.2, -0.15) is 0 Å². The molecular formula is C106H148BBr2O9S11Si3+. The van der Waals surface area contributed by atoms with Gasteiger partial charge in [-0.05, 0) is 340 Å². The molecule has 1 atom stereocenters. The van der Waals surface area contributed by atoms with E-state index in [9.17, 15) is 9.59 Å². The molecule has 0 aromatic carbocycles. The van der Waals surface area contributed by atoms with Crippen LogP contribution in [0.25, 0.3) is 68.3 Å². The Labute approximate surface area is 859 Å². The number of hydrogen-bond donors (Lipinski definition) is 0. The molecule has 0 spiro atoms. The van der Waals surface area contributed by atoms with Gasteiger partial charge in [-0.15, -0.1) is 125 Å². The number of thiophene rings is 11. The van der Waals surface area contributed by atoms with Crippen LogP contribution in [0.3, 0.4) is 0 Å². The highest BCUT2D eigenvalue weighted by Crippen LogP contribution is 2.48. The van der Waals surface area contributed by atoms with Crippen LogP contribution in [0.5, 0.6) is 0 Å². The molecule has 0 radical (unpaired) electrons. The summed E-state index contributed by atoms with van der Waals surface area (Å²) in [6, 6.07) is 49.6. The molecule has 1 unspecified atom stereocenters. The fraction of sp³-hybridized carbons (Fsp3) is 0.519. The number of rotatable bonds is 48. The summed E-state index contributed by atoms with van der Waals surface area (Å²) in [5.41, 5.74) is 0.372. The normalized spacial score (nSPS) is 13.9. The highest BCUT2D eigenvalue weighted by Gasteiger charge is 2.52. The van der Waals surface area contributed by atoms with Crippen molar-refractivity contribution in [1.82, 2.24) is 0 Å². The summed E-state index contributed by atoms with van der Waals surface area (Å²) in [5, 5.41) is 0.799. The number of unbranched alkanes of at least 4 members (excludes halogenated alkanes) is 15. The summed E-state index contributed by atoms with van der Waals surface area (Å²) in [5.74, 6) is -0.581. The van der Waals surface area contributed by atoms with E-state index in [4.69, 9.17) is 32.1 Å². The molecule has 26 heteroatoms. The molecule has 1 fully saturated rings. The second-order valence-corrected chi connectivity index (χ2v) is 69.0. The van der Waals surface area contributed by atoms with Gasteiger partial charge in [-0.25, -0.2) is 9.59 Å². The van der Waals surface area contributed by atoms with Crippen molar-refractivity contribution in [3.63, 3.8) is 0 Å². The maximum absolute atomic E-state index is 11.4. The minimum absolute atomic E-state index is 0.195. The second-order valence-electron chi connectivity index (χ2n) is 40.0. The molecule has 132 heavy (non-hydrogen) atoms. The first-order valence-corrected chi connectivity index (χ1v) is 66.5. The van der Waals surface area contributed by atoms with E-state index in [0.29, 0.717) is 34.4 Å². The van der Waals surface area contributed by atoms with Crippen LogP contribution in [-0.4, -0.2) is 88.2 Å². The highest BCUT2D eigenvalue weighted by atomic mass is 79.9. The van der Waals surface area contributed by atoms with Gasteiger partial charge in [0.25, 0.3) is 0 Å². The second kappa shape index (κ2) is 53.4. The Morgan fingerprint density at radius 1 is 0.326 bits per heavy atom. The average Bonchev–Trinajstić information content (AvgIpc) is 1.62. The number of carbonyl (C=O) groups is 2. The third-order valence-corrected chi connectivity index (χ3v) is 53.2. The van der Waals surface area contributed by atoms with Gasteiger partial charge in [0.05, 0.1) is 32.0 Å². The Balaban J connectivity index is 0.000000214. The zero-order chi connectivity index (χ0) is 96.1. The van der Waals surface area contributed by atoms with Gasteiger partial charge in [0.15, 0.2) is 16.6 Å². The fourth-order valence-electron chi connectivity index (χ4n) is 13.4. The van der Waals surface area contributed by atoms with E-state index in [1.807, 2.05) is 102 Å². The van der Waals surface area contributed by atoms with Gasteiger partial charge in [0.1, 0.15) is 0 Å². The summed E-state index contributed by atoms with van der Waals surface area (Å²) < 4.78 is 45.1. The smallest absolute Gasteiger partial charge is 0.462 e. The first-order chi connectivity index (χ1) is 62.4. The topological polar surface area (TPSA) is 98.8 Å². The van der Waals surface area contributed by atoms with E-state index in [0.717, 1.165) is 96.9 Å². The van der Waals surface area contributed by atoms with E-state index in [2.05, 4.69) is 308 Å². The van der Waals surface area contributed by atoms with Crippen molar-refractivity contribution in [2.45, 2.75) is 323 Å². The monoisotopic (exact) mass is 2170 g/mol. The van der Waals surface area contributed by atoms with Crippen molar-refractivity contribution in [1.29, 1.82) is 0 Å². The first kappa shape index (κ1) is 112. The van der Waals surface area contributed by atoms with Crippen LogP contribution in [-0.2, 0) is 73.8 Å². The Kier molecular flexibility index (Phi) is 45.3. The number of halogens is 2. The van der Waals surface area contributed by atoms with E-state index in [-0.39, 0.29) is 35.3 Å². The lowest BCUT2D eigenvalue weighted by Crippen LogP contribution is -2.41. The molecule has 0 saturated carbocycles. The van der Waals surface area contributed by atoms with E-state index in [1.165, 1.54) is 188 Å². The predicted molar refractivity (Wildman–Crippen MR) is 603 cm³/mol. The molecule has 0 bridgehead atoms. The molecule has 0 N–H and O–H groups in total. The van der Waals surface area contributed by atoms with Crippen LogP contribution in [0.15, 0.2) is 165 Å². The number of carbonyl (C=O) groups excluding carboxylic acids is 2. The highest BCUT2D eigenvalue weighted by molar-refractivity contribution is 9.11. The molecule has 11 aromatic rings. The quantitative estimate of drug-likeness (QED) is 0.0121. The Bertz CT molecular complexity index is 5010. The summed E-state index contributed by atoms with van der Waals surface area (Å²) in [6.45, 7) is 59.3. The van der Waals surface area contributed by atoms with Gasteiger partial charge in [-0.3, -0.25) is 0 Å². The molecule has 1 saturated heterocycles. The molecular weight excluding hydrogens is 2020 g/mol. The van der Waals surface area contributed by atoms with Crippen LogP contribution < -0.4 is 4.78 Å². The van der Waals surface area contributed by atoms with Gasteiger partial charge >= 0.3 is 27.4 Å². The van der Waals surface area contributed by atoms with Crippen molar-refractivity contribution in [3.05, 3.63) is 196 Å². The standard InChI is InChI=1S/C40H62O2S4Si2.C36H42O4S4.C22H40BO3SSi.C8H4Br2S2/c1-39(2,3)47(7,8)41-29-17-13-11-15-19-31-21-23-33(43-31)35-25-27-37(45-35)38-28-26-36(46-38)34-24-22-32(44-34)20-16-12-14-18-30-42-48(9,10)40(4,5)6;1-25(2)35(37)39-23-11-7-5-9-13-27-15-17-29(41-27)31-19-21-33(43-31)34-22-20-32(44-34)30-18-16-28(42-30)14-10-6-8-12-24-40-36(38)26(3)4;1-20(2,3)28(8,9)24-17-13-11-10-12-14-18-15-16-19(27-18)23-25-21(4,5)22(6,7)26-23;9-7-3-1-5(11-7)6-2-4-8(10)12-6/h21-28H,11-20,29-30H2,1-10H3;15-22H,1,3,5-14,23-24H2,2,4H3;15-16H,8,10-14,17H2,1-7,9H3;1-4H/q;;+1;. The van der Waals surface area contributed by atoms with Crippen LogP contribution in [0.4, 0.5) is 0 Å².